The molecule has 0 aliphatic carbocycles. The normalized spacial score (nSPS) is 11.2. The number of amides is 1. The topological polar surface area (TPSA) is 75.3 Å². The largest absolute Gasteiger partial charge is 0.384 e. The van der Waals surface area contributed by atoms with Crippen molar-refractivity contribution >= 4 is 33.0 Å². The molecule has 0 spiro atoms. The molecule has 1 rings (SSSR count). The van der Waals surface area contributed by atoms with Gasteiger partial charge in [0.25, 0.3) is 5.91 Å². The Kier molecular flexibility index (Phi) is 6.98. The molecule has 2 N–H and O–H groups in total. The first-order valence-corrected chi connectivity index (χ1v) is 9.26. The van der Waals surface area contributed by atoms with Crippen LogP contribution in [0.3, 0.4) is 0 Å². The van der Waals surface area contributed by atoms with Crippen molar-refractivity contribution in [3.8, 4) is 0 Å². The van der Waals surface area contributed by atoms with Gasteiger partial charge in [-0.1, -0.05) is 18.5 Å². The highest BCUT2D eigenvalue weighted by atomic mass is 35.5. The minimum Gasteiger partial charge on any atom is -0.384 e. The maximum Gasteiger partial charge on any atom is 0.253 e. The van der Waals surface area contributed by atoms with E-state index in [1.54, 1.807) is 18.2 Å². The molecular weight excluding hydrogens is 312 g/mol. The lowest BCUT2D eigenvalue weighted by atomic mass is 10.1. The van der Waals surface area contributed by atoms with Gasteiger partial charge in [-0.15, -0.1) is 0 Å². The number of nitrogens with one attached hydrogen (secondary N) is 2. The van der Waals surface area contributed by atoms with Crippen molar-refractivity contribution in [1.29, 1.82) is 0 Å². The van der Waals surface area contributed by atoms with E-state index in [9.17, 15) is 13.2 Å². The molecule has 0 aromatic heterocycles. The smallest absolute Gasteiger partial charge is 0.253 e. The van der Waals surface area contributed by atoms with Gasteiger partial charge in [0.2, 0.25) is 0 Å². The zero-order chi connectivity index (χ0) is 15.9. The predicted molar refractivity (Wildman–Crippen MR) is 86.9 cm³/mol. The van der Waals surface area contributed by atoms with Gasteiger partial charge in [-0.2, -0.15) is 0 Å². The second kappa shape index (κ2) is 8.24. The van der Waals surface area contributed by atoms with E-state index in [1.807, 2.05) is 6.92 Å². The van der Waals surface area contributed by atoms with Gasteiger partial charge in [0.15, 0.2) is 0 Å². The van der Waals surface area contributed by atoms with Gasteiger partial charge in [-0.3, -0.25) is 4.79 Å². The van der Waals surface area contributed by atoms with E-state index in [0.717, 1.165) is 18.7 Å². The number of benzene rings is 1. The van der Waals surface area contributed by atoms with Gasteiger partial charge in [0, 0.05) is 30.1 Å². The fourth-order valence-electron chi connectivity index (χ4n) is 1.75. The van der Waals surface area contributed by atoms with Crippen LogP contribution in [0.5, 0.6) is 0 Å². The zero-order valence-corrected chi connectivity index (χ0v) is 13.9. The minimum atomic E-state index is -3.00. The average Bonchev–Trinajstić information content (AvgIpc) is 2.41. The van der Waals surface area contributed by atoms with Gasteiger partial charge in [0.05, 0.1) is 11.3 Å². The maximum absolute atomic E-state index is 12.1. The average molecular weight is 333 g/mol. The molecule has 7 heteroatoms. The molecule has 0 heterocycles. The van der Waals surface area contributed by atoms with E-state index in [0.29, 0.717) is 23.6 Å². The molecule has 1 aromatic rings. The van der Waals surface area contributed by atoms with E-state index < -0.39 is 9.84 Å². The fraction of sp³-hybridized carbons (Fsp3) is 0.500. The summed E-state index contributed by atoms with van der Waals surface area (Å²) in [6.07, 6.45) is 2.51. The van der Waals surface area contributed by atoms with Gasteiger partial charge < -0.3 is 10.6 Å². The molecule has 1 amide bonds. The monoisotopic (exact) mass is 332 g/mol. The van der Waals surface area contributed by atoms with Gasteiger partial charge in [0.1, 0.15) is 9.84 Å². The third-order valence-corrected chi connectivity index (χ3v) is 4.03. The molecule has 5 nitrogen and oxygen atoms in total. The van der Waals surface area contributed by atoms with E-state index in [2.05, 4.69) is 10.6 Å². The molecule has 0 bridgehead atoms. The van der Waals surface area contributed by atoms with Crippen molar-refractivity contribution in [3.05, 3.63) is 28.8 Å². The number of halogens is 1. The summed E-state index contributed by atoms with van der Waals surface area (Å²) < 4.78 is 22.0. The van der Waals surface area contributed by atoms with Crippen LogP contribution in [-0.4, -0.2) is 39.4 Å². The Morgan fingerprint density at radius 3 is 2.62 bits per heavy atom. The molecule has 0 radical (unpaired) electrons. The Morgan fingerprint density at radius 1 is 1.29 bits per heavy atom. The van der Waals surface area contributed by atoms with Crippen molar-refractivity contribution in [3.63, 3.8) is 0 Å². The number of anilines is 1. The Balaban J connectivity index is 2.65. The Hall–Kier alpha value is -1.27. The van der Waals surface area contributed by atoms with Crippen LogP contribution in [0.4, 0.5) is 5.69 Å². The molecule has 0 saturated carbocycles. The van der Waals surface area contributed by atoms with Crippen molar-refractivity contribution in [2.75, 3.05) is 30.4 Å². The summed E-state index contributed by atoms with van der Waals surface area (Å²) in [6, 6.07) is 5.09. The predicted octanol–water partition coefficient (Wildman–Crippen LogP) is 2.33. The maximum atomic E-state index is 12.1. The molecule has 0 unspecified atom stereocenters. The van der Waals surface area contributed by atoms with Crippen LogP contribution < -0.4 is 10.6 Å². The van der Waals surface area contributed by atoms with Gasteiger partial charge in [-0.25, -0.2) is 8.42 Å². The first-order valence-electron chi connectivity index (χ1n) is 6.83. The van der Waals surface area contributed by atoms with Crippen molar-refractivity contribution in [1.82, 2.24) is 5.32 Å². The third kappa shape index (κ3) is 6.82. The van der Waals surface area contributed by atoms with E-state index in [-0.39, 0.29) is 11.7 Å². The Morgan fingerprint density at radius 2 is 2.00 bits per heavy atom. The molecule has 21 heavy (non-hydrogen) atoms. The molecule has 0 aliphatic rings. The molecule has 0 saturated heterocycles. The highest BCUT2D eigenvalue weighted by molar-refractivity contribution is 7.90. The lowest BCUT2D eigenvalue weighted by molar-refractivity contribution is 0.0954. The number of sulfone groups is 1. The van der Waals surface area contributed by atoms with Crippen LogP contribution in [0.25, 0.3) is 0 Å². The molecule has 1 aromatic carbocycles. The lowest BCUT2D eigenvalue weighted by Gasteiger charge is -2.12. The minimum absolute atomic E-state index is 0.0593. The zero-order valence-electron chi connectivity index (χ0n) is 12.3. The summed E-state index contributed by atoms with van der Waals surface area (Å²) >= 11 is 5.93. The fourth-order valence-corrected chi connectivity index (χ4v) is 2.59. The summed E-state index contributed by atoms with van der Waals surface area (Å²) in [6.45, 7) is 3.11. The second-order valence-electron chi connectivity index (χ2n) is 4.86. The van der Waals surface area contributed by atoms with Crippen molar-refractivity contribution < 1.29 is 13.2 Å². The van der Waals surface area contributed by atoms with Crippen LogP contribution in [0, 0.1) is 0 Å². The Labute approximate surface area is 131 Å². The number of hydrogen-bond donors (Lipinski definition) is 2. The van der Waals surface area contributed by atoms with Crippen LogP contribution in [0.15, 0.2) is 18.2 Å². The van der Waals surface area contributed by atoms with Crippen LogP contribution >= 0.6 is 11.6 Å². The summed E-state index contributed by atoms with van der Waals surface area (Å²) in [4.78, 5) is 12.1. The molecule has 0 fully saturated rings. The molecule has 0 aliphatic heterocycles. The van der Waals surface area contributed by atoms with Gasteiger partial charge in [-0.05, 0) is 31.0 Å². The SMILES string of the molecule is CCCNc1ccc(Cl)cc1C(=O)NCCCS(C)(=O)=O. The highest BCUT2D eigenvalue weighted by Gasteiger charge is 2.12. The molecular formula is C14H21ClN2O3S. The van der Waals surface area contributed by atoms with E-state index in [1.165, 1.54) is 6.26 Å². The number of carbonyl (C=O) groups excluding carboxylic acids is 1. The number of carbonyl (C=O) groups is 1. The van der Waals surface area contributed by atoms with Crippen molar-refractivity contribution in [2.45, 2.75) is 19.8 Å². The number of rotatable bonds is 8. The molecule has 0 atom stereocenters. The van der Waals surface area contributed by atoms with Crippen LogP contribution in [-0.2, 0) is 9.84 Å². The van der Waals surface area contributed by atoms with Crippen LogP contribution in [0.2, 0.25) is 5.02 Å². The summed E-state index contributed by atoms with van der Waals surface area (Å²) in [5.41, 5.74) is 1.19. The third-order valence-electron chi connectivity index (χ3n) is 2.77. The second-order valence-corrected chi connectivity index (χ2v) is 7.55. The van der Waals surface area contributed by atoms with Crippen LogP contribution in [0.1, 0.15) is 30.1 Å². The first-order chi connectivity index (χ1) is 9.83. The summed E-state index contributed by atoms with van der Waals surface area (Å²) in [5, 5.41) is 6.37. The standard InChI is InChI=1S/C14H21ClN2O3S/c1-3-7-16-13-6-5-11(15)10-12(13)14(18)17-8-4-9-21(2,19)20/h5-6,10,16H,3-4,7-9H2,1-2H3,(H,17,18). The van der Waals surface area contributed by atoms with E-state index in [4.69, 9.17) is 11.6 Å². The van der Waals surface area contributed by atoms with Crippen molar-refractivity contribution in [2.24, 2.45) is 0 Å². The quantitative estimate of drug-likeness (QED) is 0.716. The van der Waals surface area contributed by atoms with E-state index >= 15 is 0 Å². The first kappa shape index (κ1) is 17.8. The number of hydrogen-bond acceptors (Lipinski definition) is 4. The summed E-state index contributed by atoms with van der Waals surface area (Å²) in [5.74, 6) is -0.200. The Bertz CT molecular complexity index is 588. The lowest BCUT2D eigenvalue weighted by Crippen LogP contribution is -2.26. The van der Waals surface area contributed by atoms with Gasteiger partial charge >= 0.3 is 0 Å². The highest BCUT2D eigenvalue weighted by Crippen LogP contribution is 2.20. The summed E-state index contributed by atoms with van der Waals surface area (Å²) in [7, 11) is -3.00. The molecule has 118 valence electrons.